The minimum absolute atomic E-state index is 0.126. The Kier molecular flexibility index (Phi) is 9.12. The summed E-state index contributed by atoms with van der Waals surface area (Å²) in [4.78, 5) is 14.6. The Bertz CT molecular complexity index is 537. The minimum atomic E-state index is -1.65. The van der Waals surface area contributed by atoms with E-state index in [0.29, 0.717) is 25.8 Å². The molecule has 1 heterocycles. The van der Waals surface area contributed by atoms with Gasteiger partial charge in [-0.15, -0.1) is 0 Å². The second-order valence-electron chi connectivity index (χ2n) is 9.95. The predicted molar refractivity (Wildman–Crippen MR) is 112 cm³/mol. The number of likely N-dealkylation sites (N-methyl/N-ethyl adjacent to an activating group) is 1. The Morgan fingerprint density at radius 3 is 2.17 bits per heavy atom. The summed E-state index contributed by atoms with van der Waals surface area (Å²) < 4.78 is 5.56. The van der Waals surface area contributed by atoms with Gasteiger partial charge in [0.25, 0.3) is 0 Å². The van der Waals surface area contributed by atoms with Crippen LogP contribution in [0.25, 0.3) is 0 Å². The molecule has 0 bridgehead atoms. The van der Waals surface area contributed by atoms with Gasteiger partial charge in [0.05, 0.1) is 17.6 Å². The first-order chi connectivity index (χ1) is 13.1. The van der Waals surface area contributed by atoms with Gasteiger partial charge in [0.15, 0.2) is 0 Å². The van der Waals surface area contributed by atoms with Crippen molar-refractivity contribution < 1.29 is 30.0 Å². The van der Waals surface area contributed by atoms with E-state index in [1.54, 1.807) is 20.8 Å². The molecule has 1 aliphatic heterocycles. The normalized spacial score (nSPS) is 47.2. The van der Waals surface area contributed by atoms with Crippen molar-refractivity contribution in [2.24, 2.45) is 17.8 Å². The highest BCUT2D eigenvalue weighted by Crippen LogP contribution is 2.31. The fraction of sp³-hybridized carbons (Fsp3) is 0.955. The summed E-state index contributed by atoms with van der Waals surface area (Å²) in [7, 11) is 1.87. The molecule has 0 radical (unpaired) electrons. The van der Waals surface area contributed by atoms with E-state index in [1.807, 2.05) is 32.7 Å². The number of ether oxygens (including phenoxy) is 1. The van der Waals surface area contributed by atoms with Crippen LogP contribution < -0.4 is 0 Å². The highest BCUT2D eigenvalue weighted by Gasteiger charge is 2.45. The molecule has 0 aliphatic carbocycles. The number of esters is 1. The Balaban J connectivity index is 3.28. The third-order valence-electron chi connectivity index (χ3n) is 6.65. The van der Waals surface area contributed by atoms with E-state index in [9.17, 15) is 25.2 Å². The number of nitrogens with zero attached hydrogens (tertiary/aromatic N) is 1. The molecule has 7 heteroatoms. The molecular formula is C22H43NO6. The van der Waals surface area contributed by atoms with Gasteiger partial charge in [-0.2, -0.15) is 0 Å². The Morgan fingerprint density at radius 2 is 1.66 bits per heavy atom. The molecule has 1 saturated heterocycles. The van der Waals surface area contributed by atoms with Gasteiger partial charge in [0.1, 0.15) is 17.8 Å². The van der Waals surface area contributed by atoms with Gasteiger partial charge < -0.3 is 30.1 Å². The molecule has 1 aliphatic rings. The van der Waals surface area contributed by atoms with Crippen LogP contribution in [0.4, 0.5) is 0 Å². The summed E-state index contributed by atoms with van der Waals surface area (Å²) >= 11 is 0. The van der Waals surface area contributed by atoms with Crippen molar-refractivity contribution in [2.45, 2.75) is 103 Å². The zero-order chi connectivity index (χ0) is 22.7. The van der Waals surface area contributed by atoms with Crippen molar-refractivity contribution in [3.63, 3.8) is 0 Å². The van der Waals surface area contributed by atoms with Crippen LogP contribution in [0.1, 0.15) is 67.7 Å². The first-order valence-electron chi connectivity index (χ1n) is 10.9. The van der Waals surface area contributed by atoms with Crippen molar-refractivity contribution in [2.75, 3.05) is 13.6 Å². The summed E-state index contributed by atoms with van der Waals surface area (Å²) in [5, 5.41) is 43.5. The molecule has 1 fully saturated rings. The van der Waals surface area contributed by atoms with Crippen molar-refractivity contribution in [1.82, 2.24) is 4.90 Å². The van der Waals surface area contributed by atoms with Gasteiger partial charge in [0.2, 0.25) is 0 Å². The average Bonchev–Trinajstić information content (AvgIpc) is 2.60. The topological polar surface area (TPSA) is 110 Å². The molecule has 7 nitrogen and oxygen atoms in total. The van der Waals surface area contributed by atoms with Crippen molar-refractivity contribution in [3.05, 3.63) is 0 Å². The maximum absolute atomic E-state index is 12.7. The summed E-state index contributed by atoms with van der Waals surface area (Å²) in [5.41, 5.74) is -2.65. The fourth-order valence-corrected chi connectivity index (χ4v) is 4.79. The lowest BCUT2D eigenvalue weighted by molar-refractivity contribution is -0.192. The van der Waals surface area contributed by atoms with Crippen LogP contribution in [0.15, 0.2) is 0 Å². The molecule has 1 rings (SSSR count). The van der Waals surface area contributed by atoms with Crippen LogP contribution in [0, 0.1) is 17.8 Å². The van der Waals surface area contributed by atoms with E-state index >= 15 is 0 Å². The Hall–Kier alpha value is -0.730. The van der Waals surface area contributed by atoms with Gasteiger partial charge >= 0.3 is 5.97 Å². The van der Waals surface area contributed by atoms with Gasteiger partial charge in [-0.05, 0) is 65.8 Å². The molecule has 0 aromatic rings. The van der Waals surface area contributed by atoms with Gasteiger partial charge in [0, 0.05) is 12.6 Å². The van der Waals surface area contributed by atoms with Crippen molar-refractivity contribution in [3.8, 4) is 0 Å². The molecule has 0 amide bonds. The number of aliphatic hydroxyl groups excluding tert-OH is 2. The average molecular weight is 418 g/mol. The Labute approximate surface area is 176 Å². The van der Waals surface area contributed by atoms with Crippen LogP contribution in [0.2, 0.25) is 0 Å². The lowest BCUT2D eigenvalue weighted by Crippen LogP contribution is -2.59. The van der Waals surface area contributed by atoms with E-state index < -0.39 is 47.4 Å². The molecule has 29 heavy (non-hydrogen) atoms. The second kappa shape index (κ2) is 10.1. The molecule has 4 N–H and O–H groups in total. The Morgan fingerprint density at radius 1 is 1.10 bits per heavy atom. The monoisotopic (exact) mass is 417 g/mol. The van der Waals surface area contributed by atoms with Gasteiger partial charge in [-0.3, -0.25) is 4.79 Å². The van der Waals surface area contributed by atoms with E-state index in [0.717, 1.165) is 0 Å². The number of carbonyl (C=O) groups excluding carboxylic acids is 1. The van der Waals surface area contributed by atoms with Crippen LogP contribution in [0.5, 0.6) is 0 Å². The summed E-state index contributed by atoms with van der Waals surface area (Å²) in [6.07, 6.45) is -1.84. The highest BCUT2D eigenvalue weighted by atomic mass is 16.6. The van der Waals surface area contributed by atoms with Crippen LogP contribution in [-0.4, -0.2) is 80.4 Å². The molecule has 0 saturated carbocycles. The minimum Gasteiger partial charge on any atom is -0.459 e. The molecule has 0 spiro atoms. The third-order valence-corrected chi connectivity index (χ3v) is 6.65. The maximum atomic E-state index is 12.7. The maximum Gasteiger partial charge on any atom is 0.311 e. The van der Waals surface area contributed by atoms with E-state index in [2.05, 4.69) is 0 Å². The fourth-order valence-electron chi connectivity index (χ4n) is 4.79. The number of rotatable bonds is 1. The smallest absolute Gasteiger partial charge is 0.311 e. The third kappa shape index (κ3) is 6.62. The molecule has 9 atom stereocenters. The predicted octanol–water partition coefficient (Wildman–Crippen LogP) is 1.55. The van der Waals surface area contributed by atoms with Crippen LogP contribution >= 0.6 is 0 Å². The first kappa shape index (κ1) is 26.3. The molecule has 0 aromatic heterocycles. The zero-order valence-corrected chi connectivity index (χ0v) is 19.4. The lowest BCUT2D eigenvalue weighted by atomic mass is 9.81. The number of aliphatic hydroxyl groups is 4. The highest BCUT2D eigenvalue weighted by molar-refractivity contribution is 5.73. The molecule has 0 aromatic carbocycles. The number of cyclic esters (lactones) is 1. The first-order valence-corrected chi connectivity index (χ1v) is 10.9. The van der Waals surface area contributed by atoms with E-state index in [-0.39, 0.29) is 11.8 Å². The van der Waals surface area contributed by atoms with Crippen molar-refractivity contribution >= 4 is 5.97 Å². The lowest BCUT2D eigenvalue weighted by Gasteiger charge is -2.42. The standard InChI is InChI=1S/C22H43NO6/c1-9-17-22(7,28)19(25)16(5)23(8)12-13(2)10-21(6,27)11-14(3)18(24)15(4)20(26)29-17/h13-19,24-25,27-28H,9-12H2,1-8H3/t13?,14-,15+,16?,17+,18-,19?,21?,22?/m0/s1. The van der Waals surface area contributed by atoms with Crippen LogP contribution in [-0.2, 0) is 9.53 Å². The molecular weight excluding hydrogens is 374 g/mol. The van der Waals surface area contributed by atoms with Crippen molar-refractivity contribution in [1.29, 1.82) is 0 Å². The quantitative estimate of drug-likeness (QED) is 0.479. The van der Waals surface area contributed by atoms with Gasteiger partial charge in [-0.1, -0.05) is 20.8 Å². The summed E-state index contributed by atoms with van der Waals surface area (Å²) in [6.45, 7) is 12.9. The number of hydrogen-bond donors (Lipinski definition) is 4. The molecule has 5 unspecified atom stereocenters. The van der Waals surface area contributed by atoms with E-state index in [4.69, 9.17) is 4.74 Å². The number of carbonyl (C=O) groups is 1. The van der Waals surface area contributed by atoms with Crippen LogP contribution in [0.3, 0.4) is 0 Å². The van der Waals surface area contributed by atoms with E-state index in [1.165, 1.54) is 6.92 Å². The second-order valence-corrected chi connectivity index (χ2v) is 9.95. The van der Waals surface area contributed by atoms with Gasteiger partial charge in [-0.25, -0.2) is 0 Å². The summed E-state index contributed by atoms with van der Waals surface area (Å²) in [5.74, 6) is -1.62. The zero-order valence-electron chi connectivity index (χ0n) is 19.4. The number of hydrogen-bond acceptors (Lipinski definition) is 7. The summed E-state index contributed by atoms with van der Waals surface area (Å²) in [6, 6.07) is -0.391. The molecule has 172 valence electrons. The largest absolute Gasteiger partial charge is 0.459 e. The SMILES string of the molecule is CC[C@H]1OC(=O)[C@H](C)[C@@H](O)[C@@H](C)CC(C)(O)CC(C)CN(C)C(C)C(O)C1(C)O.